The van der Waals surface area contributed by atoms with E-state index in [4.69, 9.17) is 27.9 Å². The monoisotopic (exact) mass is 196 g/mol. The molecular weight excluding hydrogens is 187 g/mol. The molecule has 0 N–H and O–H groups in total. The van der Waals surface area contributed by atoms with Crippen LogP contribution in [-0.2, 0) is 9.53 Å². The largest absolute Gasteiger partial charge is 0.464 e. The summed E-state index contributed by atoms with van der Waals surface area (Å²) in [6.07, 6.45) is 1.36. The predicted octanol–water partition coefficient (Wildman–Crippen LogP) is 1.79. The van der Waals surface area contributed by atoms with Crippen LogP contribution in [0.5, 0.6) is 0 Å². The second-order valence-corrected chi connectivity index (χ2v) is 3.49. The second kappa shape index (κ2) is 3.63. The average molecular weight is 197 g/mol. The Morgan fingerprint density at radius 1 is 1.36 bits per heavy atom. The van der Waals surface area contributed by atoms with Gasteiger partial charge in [-0.25, -0.2) is 0 Å². The minimum Gasteiger partial charge on any atom is -0.464 e. The summed E-state index contributed by atoms with van der Waals surface area (Å²) in [5.74, 6) is 0.844. The lowest BCUT2D eigenvalue weighted by atomic mass is 9.80. The smallest absolute Gasteiger partial charge is 0.315 e. The third kappa shape index (κ3) is 1.62. The molecule has 0 spiro atoms. The van der Waals surface area contributed by atoms with Gasteiger partial charge in [0.05, 0.1) is 0 Å². The lowest BCUT2D eigenvalue weighted by Crippen LogP contribution is -2.48. The zero-order valence-corrected chi connectivity index (χ0v) is 7.62. The number of ether oxygens (including phenoxy) is 1. The molecule has 0 saturated carbocycles. The van der Waals surface area contributed by atoms with Crippen LogP contribution in [0.1, 0.15) is 12.8 Å². The van der Waals surface area contributed by atoms with E-state index in [1.54, 1.807) is 0 Å². The maximum absolute atomic E-state index is 11.0. The molecule has 0 atom stereocenters. The summed E-state index contributed by atoms with van der Waals surface area (Å²) >= 11 is 11.1. The number of esters is 1. The lowest BCUT2D eigenvalue weighted by molar-refractivity contribution is -0.186. The number of cyclic esters (lactones) is 1. The standard InChI is InChI=1S/C7H10Cl2O2/c8-3-1-7(2-4-9)5-11-6(7)10/h1-5H2. The maximum Gasteiger partial charge on any atom is 0.315 e. The molecule has 0 aromatic carbocycles. The van der Waals surface area contributed by atoms with Crippen LogP contribution in [0.25, 0.3) is 0 Å². The number of hydrogen-bond acceptors (Lipinski definition) is 2. The van der Waals surface area contributed by atoms with E-state index in [2.05, 4.69) is 0 Å². The highest BCUT2D eigenvalue weighted by Gasteiger charge is 2.47. The zero-order chi connectivity index (χ0) is 8.32. The average Bonchev–Trinajstić information content (AvgIpc) is 2.01. The van der Waals surface area contributed by atoms with Gasteiger partial charge in [0.2, 0.25) is 0 Å². The fourth-order valence-electron chi connectivity index (χ4n) is 1.17. The summed E-state index contributed by atoms with van der Waals surface area (Å²) in [7, 11) is 0. The number of rotatable bonds is 4. The van der Waals surface area contributed by atoms with Gasteiger partial charge in [0.15, 0.2) is 0 Å². The summed E-state index contributed by atoms with van der Waals surface area (Å²) in [5.41, 5.74) is -0.344. The van der Waals surface area contributed by atoms with Crippen molar-refractivity contribution in [1.29, 1.82) is 0 Å². The van der Waals surface area contributed by atoms with Gasteiger partial charge in [0.1, 0.15) is 12.0 Å². The van der Waals surface area contributed by atoms with Gasteiger partial charge in [-0.3, -0.25) is 4.79 Å². The van der Waals surface area contributed by atoms with Crippen LogP contribution in [0.3, 0.4) is 0 Å². The number of carbonyl (C=O) groups is 1. The van der Waals surface area contributed by atoms with E-state index in [0.29, 0.717) is 31.2 Å². The molecule has 4 heteroatoms. The van der Waals surface area contributed by atoms with Gasteiger partial charge in [0, 0.05) is 11.8 Å². The van der Waals surface area contributed by atoms with Gasteiger partial charge in [-0.05, 0) is 12.8 Å². The van der Waals surface area contributed by atoms with Crippen molar-refractivity contribution in [3.05, 3.63) is 0 Å². The van der Waals surface area contributed by atoms with Crippen molar-refractivity contribution < 1.29 is 9.53 Å². The summed E-state index contributed by atoms with van der Waals surface area (Å²) < 4.78 is 4.70. The molecule has 11 heavy (non-hydrogen) atoms. The molecule has 1 aliphatic heterocycles. The summed E-state index contributed by atoms with van der Waals surface area (Å²) in [6.45, 7) is 0.491. The highest BCUT2D eigenvalue weighted by molar-refractivity contribution is 6.18. The van der Waals surface area contributed by atoms with Gasteiger partial charge in [-0.1, -0.05) is 0 Å². The van der Waals surface area contributed by atoms with Crippen LogP contribution >= 0.6 is 23.2 Å². The summed E-state index contributed by atoms with van der Waals surface area (Å²) in [5, 5.41) is 0. The van der Waals surface area contributed by atoms with Gasteiger partial charge in [0.25, 0.3) is 0 Å². The molecular formula is C7H10Cl2O2. The molecule has 0 radical (unpaired) electrons. The summed E-state index contributed by atoms with van der Waals surface area (Å²) in [6, 6.07) is 0. The third-order valence-electron chi connectivity index (χ3n) is 2.06. The molecule has 1 aliphatic rings. The van der Waals surface area contributed by atoms with E-state index in [0.717, 1.165) is 0 Å². The Morgan fingerprint density at radius 2 is 1.91 bits per heavy atom. The van der Waals surface area contributed by atoms with Crippen molar-refractivity contribution in [2.45, 2.75) is 12.8 Å². The Labute approximate surface area is 75.8 Å². The molecule has 0 aliphatic carbocycles. The first-order chi connectivity index (χ1) is 5.25. The van der Waals surface area contributed by atoms with Gasteiger partial charge in [-0.15, -0.1) is 23.2 Å². The van der Waals surface area contributed by atoms with Crippen LogP contribution < -0.4 is 0 Å². The fraction of sp³-hybridized carbons (Fsp3) is 0.857. The second-order valence-electron chi connectivity index (χ2n) is 2.73. The Hall–Kier alpha value is 0.0500. The SMILES string of the molecule is O=C1OCC1(CCCl)CCCl. The normalized spacial score (nSPS) is 20.7. The molecule has 1 saturated heterocycles. The van der Waals surface area contributed by atoms with Crippen molar-refractivity contribution in [3.63, 3.8) is 0 Å². The summed E-state index contributed by atoms with van der Waals surface area (Å²) in [4.78, 5) is 11.0. The Balaban J connectivity index is 2.49. The van der Waals surface area contributed by atoms with Crippen LogP contribution in [-0.4, -0.2) is 24.3 Å². The highest BCUT2D eigenvalue weighted by atomic mass is 35.5. The van der Waals surface area contributed by atoms with E-state index in [1.807, 2.05) is 0 Å². The van der Waals surface area contributed by atoms with Crippen molar-refractivity contribution in [1.82, 2.24) is 0 Å². The van der Waals surface area contributed by atoms with Crippen molar-refractivity contribution in [2.24, 2.45) is 5.41 Å². The number of hydrogen-bond donors (Lipinski definition) is 0. The van der Waals surface area contributed by atoms with Gasteiger partial charge in [-0.2, -0.15) is 0 Å². The van der Waals surface area contributed by atoms with E-state index < -0.39 is 0 Å². The molecule has 0 amide bonds. The van der Waals surface area contributed by atoms with Gasteiger partial charge >= 0.3 is 5.97 Å². The van der Waals surface area contributed by atoms with Gasteiger partial charge < -0.3 is 4.74 Å². The first-order valence-corrected chi connectivity index (χ1v) is 4.61. The number of alkyl halides is 2. The third-order valence-corrected chi connectivity index (χ3v) is 2.44. The maximum atomic E-state index is 11.0. The molecule has 0 unspecified atom stereocenters. The lowest BCUT2D eigenvalue weighted by Gasteiger charge is -2.38. The first kappa shape index (κ1) is 9.14. The number of carbonyl (C=O) groups excluding carboxylic acids is 1. The highest BCUT2D eigenvalue weighted by Crippen LogP contribution is 2.37. The minimum atomic E-state index is -0.344. The first-order valence-electron chi connectivity index (χ1n) is 3.54. The quantitative estimate of drug-likeness (QED) is 0.507. The van der Waals surface area contributed by atoms with Crippen LogP contribution in [0.4, 0.5) is 0 Å². The van der Waals surface area contributed by atoms with Crippen LogP contribution in [0.15, 0.2) is 0 Å². The van der Waals surface area contributed by atoms with Crippen molar-refractivity contribution in [2.75, 3.05) is 18.4 Å². The molecule has 0 aromatic heterocycles. The zero-order valence-electron chi connectivity index (χ0n) is 6.11. The molecule has 1 heterocycles. The van der Waals surface area contributed by atoms with Crippen molar-refractivity contribution >= 4 is 29.2 Å². The van der Waals surface area contributed by atoms with Crippen LogP contribution in [0.2, 0.25) is 0 Å². The predicted molar refractivity (Wildman–Crippen MR) is 44.1 cm³/mol. The molecule has 64 valence electrons. The molecule has 2 nitrogen and oxygen atoms in total. The Morgan fingerprint density at radius 3 is 2.09 bits per heavy atom. The van der Waals surface area contributed by atoms with E-state index in [-0.39, 0.29) is 11.4 Å². The van der Waals surface area contributed by atoms with E-state index >= 15 is 0 Å². The Kier molecular flexibility index (Phi) is 3.02. The van der Waals surface area contributed by atoms with Crippen molar-refractivity contribution in [3.8, 4) is 0 Å². The molecule has 0 aromatic rings. The molecule has 1 fully saturated rings. The minimum absolute atomic E-state index is 0.140. The fourth-order valence-corrected chi connectivity index (χ4v) is 1.89. The molecule has 0 bridgehead atoms. The van der Waals surface area contributed by atoms with E-state index in [9.17, 15) is 4.79 Å². The molecule has 1 rings (SSSR count). The Bertz CT molecular complexity index is 153. The van der Waals surface area contributed by atoms with Crippen LogP contribution in [0, 0.1) is 5.41 Å². The van der Waals surface area contributed by atoms with E-state index in [1.165, 1.54) is 0 Å². The topological polar surface area (TPSA) is 26.3 Å². The number of halogens is 2.